The number of halogens is 2. The number of hydrogen-bond acceptors (Lipinski definition) is 1. The van der Waals surface area contributed by atoms with Gasteiger partial charge in [0.2, 0.25) is 0 Å². The molecule has 112 valence electrons. The van der Waals surface area contributed by atoms with E-state index in [1.54, 1.807) is 0 Å². The lowest BCUT2D eigenvalue weighted by Gasteiger charge is -2.31. The zero-order valence-corrected chi connectivity index (χ0v) is 14.2. The van der Waals surface area contributed by atoms with E-state index in [1.807, 2.05) is 18.2 Å². The summed E-state index contributed by atoms with van der Waals surface area (Å²) in [6.45, 7) is 8.96. The molecule has 1 N–H and O–H groups in total. The molecule has 0 aromatic heterocycles. The molecule has 1 unspecified atom stereocenters. The Balaban J connectivity index is 2.08. The van der Waals surface area contributed by atoms with Crippen LogP contribution in [0.5, 0.6) is 0 Å². The van der Waals surface area contributed by atoms with E-state index in [9.17, 15) is 0 Å². The Bertz CT molecular complexity index is 434. The highest BCUT2D eigenvalue weighted by Gasteiger charge is 2.41. The molecule has 0 radical (unpaired) electrons. The molecule has 1 nitrogen and oxygen atoms in total. The Kier molecular flexibility index (Phi) is 5.39. The van der Waals surface area contributed by atoms with Gasteiger partial charge in [0.25, 0.3) is 0 Å². The average Bonchev–Trinajstić information content (AvgIpc) is 3.18. The minimum atomic E-state index is 0.253. The number of benzene rings is 1. The Morgan fingerprint density at radius 2 is 1.85 bits per heavy atom. The van der Waals surface area contributed by atoms with Gasteiger partial charge in [0, 0.05) is 16.6 Å². The molecule has 1 fully saturated rings. The van der Waals surface area contributed by atoms with E-state index < -0.39 is 0 Å². The minimum Gasteiger partial charge on any atom is -0.316 e. The van der Waals surface area contributed by atoms with Gasteiger partial charge in [-0.05, 0) is 60.8 Å². The van der Waals surface area contributed by atoms with Crippen molar-refractivity contribution in [3.8, 4) is 0 Å². The molecule has 0 bridgehead atoms. The molecule has 20 heavy (non-hydrogen) atoms. The molecule has 0 spiro atoms. The largest absolute Gasteiger partial charge is 0.316 e. The van der Waals surface area contributed by atoms with Gasteiger partial charge in [-0.15, -0.1) is 0 Å². The maximum absolute atomic E-state index is 6.34. The first-order valence-electron chi connectivity index (χ1n) is 7.56. The zero-order chi connectivity index (χ0) is 14.8. The molecule has 2 rings (SSSR count). The highest BCUT2D eigenvalue weighted by Crippen LogP contribution is 2.48. The van der Waals surface area contributed by atoms with Crippen LogP contribution in [0.25, 0.3) is 0 Å². The summed E-state index contributed by atoms with van der Waals surface area (Å²) < 4.78 is 0. The molecule has 1 aliphatic carbocycles. The molecule has 0 saturated heterocycles. The van der Waals surface area contributed by atoms with Gasteiger partial charge in [-0.2, -0.15) is 0 Å². The zero-order valence-electron chi connectivity index (χ0n) is 12.7. The van der Waals surface area contributed by atoms with E-state index in [1.165, 1.54) is 12.8 Å². The van der Waals surface area contributed by atoms with Gasteiger partial charge in [-0.1, -0.05) is 50.0 Å². The number of hydrogen-bond donors (Lipinski definition) is 1. The minimum absolute atomic E-state index is 0.253. The predicted molar refractivity (Wildman–Crippen MR) is 88.7 cm³/mol. The fraction of sp³-hybridized carbons (Fsp3) is 0.647. The molecule has 1 aromatic rings. The van der Waals surface area contributed by atoms with Crippen molar-refractivity contribution in [2.45, 2.75) is 40.0 Å². The summed E-state index contributed by atoms with van der Waals surface area (Å²) in [7, 11) is 0. The molecule has 1 atom stereocenters. The first-order valence-corrected chi connectivity index (χ1v) is 8.31. The quantitative estimate of drug-likeness (QED) is 0.729. The Hall–Kier alpha value is -0.240. The van der Waals surface area contributed by atoms with Crippen LogP contribution < -0.4 is 5.32 Å². The number of nitrogens with one attached hydrogen (secondary N) is 1. The Morgan fingerprint density at radius 3 is 2.35 bits per heavy atom. The molecule has 0 aliphatic heterocycles. The standard InChI is InChI=1S/C17H25Cl2N/c1-12(2)10-20-11-17(3,13-7-8-13)9-14-15(18)5-4-6-16(14)19/h4-6,12-13,20H,7-11H2,1-3H3. The van der Waals surface area contributed by atoms with E-state index in [-0.39, 0.29) is 5.41 Å². The van der Waals surface area contributed by atoms with Crippen LogP contribution in [0.3, 0.4) is 0 Å². The first-order chi connectivity index (χ1) is 9.42. The molecular formula is C17H25Cl2N. The lowest BCUT2D eigenvalue weighted by molar-refractivity contribution is 0.252. The fourth-order valence-corrected chi connectivity index (χ4v) is 3.41. The van der Waals surface area contributed by atoms with Crippen LogP contribution >= 0.6 is 23.2 Å². The van der Waals surface area contributed by atoms with E-state index in [0.29, 0.717) is 5.92 Å². The van der Waals surface area contributed by atoms with Crippen LogP contribution in [0.2, 0.25) is 10.0 Å². The van der Waals surface area contributed by atoms with E-state index in [4.69, 9.17) is 23.2 Å². The van der Waals surface area contributed by atoms with E-state index >= 15 is 0 Å². The van der Waals surface area contributed by atoms with Gasteiger partial charge in [0.15, 0.2) is 0 Å². The van der Waals surface area contributed by atoms with Gasteiger partial charge in [0.05, 0.1) is 0 Å². The maximum Gasteiger partial charge on any atom is 0.0453 e. The predicted octanol–water partition coefficient (Wildman–Crippen LogP) is 5.20. The Labute approximate surface area is 133 Å². The average molecular weight is 314 g/mol. The van der Waals surface area contributed by atoms with Gasteiger partial charge in [-0.3, -0.25) is 0 Å². The molecule has 1 aromatic carbocycles. The van der Waals surface area contributed by atoms with Crippen LogP contribution in [0.4, 0.5) is 0 Å². The van der Waals surface area contributed by atoms with Crippen molar-refractivity contribution < 1.29 is 0 Å². The van der Waals surface area contributed by atoms with Crippen molar-refractivity contribution in [3.63, 3.8) is 0 Å². The van der Waals surface area contributed by atoms with Gasteiger partial charge in [0.1, 0.15) is 0 Å². The molecule has 1 aliphatic rings. The molecule has 3 heteroatoms. The van der Waals surface area contributed by atoms with Crippen LogP contribution in [0, 0.1) is 17.3 Å². The summed E-state index contributed by atoms with van der Waals surface area (Å²) in [4.78, 5) is 0. The summed E-state index contributed by atoms with van der Waals surface area (Å²) in [5.74, 6) is 1.48. The van der Waals surface area contributed by atoms with Crippen molar-refractivity contribution in [3.05, 3.63) is 33.8 Å². The molecule has 0 heterocycles. The van der Waals surface area contributed by atoms with Gasteiger partial charge >= 0.3 is 0 Å². The lowest BCUT2D eigenvalue weighted by atomic mass is 9.78. The van der Waals surface area contributed by atoms with Crippen LogP contribution in [-0.4, -0.2) is 13.1 Å². The van der Waals surface area contributed by atoms with Crippen molar-refractivity contribution in [2.75, 3.05) is 13.1 Å². The SMILES string of the molecule is CC(C)CNCC(C)(Cc1c(Cl)cccc1Cl)C1CC1. The second-order valence-corrected chi connectivity index (χ2v) is 7.64. The van der Waals surface area contributed by atoms with Crippen molar-refractivity contribution in [1.29, 1.82) is 0 Å². The second kappa shape index (κ2) is 6.68. The topological polar surface area (TPSA) is 12.0 Å². The lowest BCUT2D eigenvalue weighted by Crippen LogP contribution is -2.37. The third-order valence-electron chi connectivity index (χ3n) is 4.29. The summed E-state index contributed by atoms with van der Waals surface area (Å²) in [6.07, 6.45) is 3.63. The van der Waals surface area contributed by atoms with Crippen molar-refractivity contribution >= 4 is 23.2 Å². The van der Waals surface area contributed by atoms with Crippen LogP contribution in [0.1, 0.15) is 39.2 Å². The van der Waals surface area contributed by atoms with E-state index in [2.05, 4.69) is 26.1 Å². The number of rotatable bonds is 7. The van der Waals surface area contributed by atoms with Crippen molar-refractivity contribution in [2.24, 2.45) is 17.3 Å². The molecule has 1 saturated carbocycles. The monoisotopic (exact) mass is 313 g/mol. The van der Waals surface area contributed by atoms with E-state index in [0.717, 1.165) is 41.0 Å². The molecular weight excluding hydrogens is 289 g/mol. The first kappa shape index (κ1) is 16.1. The van der Waals surface area contributed by atoms with Crippen molar-refractivity contribution in [1.82, 2.24) is 5.32 Å². The highest BCUT2D eigenvalue weighted by atomic mass is 35.5. The van der Waals surface area contributed by atoms with Gasteiger partial charge < -0.3 is 5.32 Å². The second-order valence-electron chi connectivity index (χ2n) is 6.83. The summed E-state index contributed by atoms with van der Waals surface area (Å²) in [5, 5.41) is 5.22. The maximum atomic E-state index is 6.34. The summed E-state index contributed by atoms with van der Waals surface area (Å²) >= 11 is 12.7. The van der Waals surface area contributed by atoms with Gasteiger partial charge in [-0.25, -0.2) is 0 Å². The molecule has 0 amide bonds. The highest BCUT2D eigenvalue weighted by molar-refractivity contribution is 6.36. The van der Waals surface area contributed by atoms with Crippen LogP contribution in [-0.2, 0) is 6.42 Å². The fourth-order valence-electron chi connectivity index (χ4n) is 2.88. The Morgan fingerprint density at radius 1 is 1.25 bits per heavy atom. The third-order valence-corrected chi connectivity index (χ3v) is 4.99. The van der Waals surface area contributed by atoms with Crippen LogP contribution in [0.15, 0.2) is 18.2 Å². The summed E-state index contributed by atoms with van der Waals surface area (Å²) in [5.41, 5.74) is 1.36. The normalized spacial score (nSPS) is 18.3. The smallest absolute Gasteiger partial charge is 0.0453 e. The third kappa shape index (κ3) is 4.13. The summed E-state index contributed by atoms with van der Waals surface area (Å²) in [6, 6.07) is 5.80.